The largest absolute Gasteiger partial charge is 0.495 e. The fourth-order valence-electron chi connectivity index (χ4n) is 1.94. The molecule has 0 fully saturated rings. The van der Waals surface area contributed by atoms with Gasteiger partial charge in [0.2, 0.25) is 0 Å². The summed E-state index contributed by atoms with van der Waals surface area (Å²) >= 11 is 5.84. The number of methoxy groups -OCH3 is 1. The lowest BCUT2D eigenvalue weighted by Crippen LogP contribution is -2.20. The lowest BCUT2D eigenvalue weighted by Gasteiger charge is -2.09. The second kappa shape index (κ2) is 8.84. The fourth-order valence-corrected chi connectivity index (χ4v) is 2.17. The Morgan fingerprint density at radius 2 is 1.96 bits per heavy atom. The van der Waals surface area contributed by atoms with E-state index in [0.29, 0.717) is 11.4 Å². The van der Waals surface area contributed by atoms with Crippen molar-refractivity contribution in [2.45, 2.75) is 0 Å². The summed E-state index contributed by atoms with van der Waals surface area (Å²) in [4.78, 5) is 23.5. The maximum Gasteiger partial charge on any atom is 0.331 e. The highest BCUT2D eigenvalue weighted by atomic mass is 35.5. The van der Waals surface area contributed by atoms with E-state index in [1.807, 2.05) is 0 Å². The molecule has 7 heteroatoms. The number of para-hydroxylation sites is 2. The minimum Gasteiger partial charge on any atom is -0.495 e. The highest BCUT2D eigenvalue weighted by molar-refractivity contribution is 6.32. The molecule has 0 aliphatic rings. The van der Waals surface area contributed by atoms with E-state index in [0.717, 1.165) is 6.08 Å². The smallest absolute Gasteiger partial charge is 0.331 e. The van der Waals surface area contributed by atoms with Gasteiger partial charge in [0.05, 0.1) is 17.8 Å². The Morgan fingerprint density at radius 3 is 2.68 bits per heavy atom. The summed E-state index contributed by atoms with van der Waals surface area (Å²) in [6.07, 6.45) is 2.19. The van der Waals surface area contributed by atoms with Crippen LogP contribution in [0.3, 0.4) is 0 Å². The number of anilines is 1. The summed E-state index contributed by atoms with van der Waals surface area (Å²) in [6, 6.07) is 11.0. The molecule has 0 unspecified atom stereocenters. The lowest BCUT2D eigenvalue weighted by molar-refractivity contribution is -0.142. The maximum absolute atomic E-state index is 13.6. The third-order valence-electron chi connectivity index (χ3n) is 3.11. The monoisotopic (exact) mass is 363 g/mol. The van der Waals surface area contributed by atoms with Crippen LogP contribution in [0.5, 0.6) is 5.75 Å². The summed E-state index contributed by atoms with van der Waals surface area (Å²) in [5.74, 6) is -1.41. The Bertz CT molecular complexity index is 787. The van der Waals surface area contributed by atoms with Gasteiger partial charge in [-0.05, 0) is 30.3 Å². The summed E-state index contributed by atoms with van der Waals surface area (Å²) < 4.78 is 23.5. The zero-order valence-electron chi connectivity index (χ0n) is 13.3. The second-order valence-electron chi connectivity index (χ2n) is 4.82. The molecule has 2 aromatic carbocycles. The molecule has 0 bridgehead atoms. The predicted octanol–water partition coefficient (Wildman–Crippen LogP) is 3.68. The Hall–Kier alpha value is -2.86. The van der Waals surface area contributed by atoms with Crippen LogP contribution in [0.4, 0.5) is 10.1 Å². The van der Waals surface area contributed by atoms with Gasteiger partial charge in [-0.3, -0.25) is 4.79 Å². The first-order chi connectivity index (χ1) is 12.0. The van der Waals surface area contributed by atoms with Crippen LogP contribution < -0.4 is 10.1 Å². The van der Waals surface area contributed by atoms with Crippen molar-refractivity contribution in [3.63, 3.8) is 0 Å². The van der Waals surface area contributed by atoms with Gasteiger partial charge in [0.1, 0.15) is 11.6 Å². The van der Waals surface area contributed by atoms with E-state index in [1.54, 1.807) is 24.3 Å². The average Bonchev–Trinajstić information content (AvgIpc) is 2.60. The Balaban J connectivity index is 1.89. The first-order valence-electron chi connectivity index (χ1n) is 7.23. The highest BCUT2D eigenvalue weighted by Gasteiger charge is 2.09. The van der Waals surface area contributed by atoms with Gasteiger partial charge in [0, 0.05) is 11.6 Å². The van der Waals surface area contributed by atoms with Gasteiger partial charge in [-0.1, -0.05) is 29.8 Å². The molecule has 1 amide bonds. The maximum atomic E-state index is 13.6. The van der Waals surface area contributed by atoms with E-state index in [1.165, 1.54) is 31.4 Å². The van der Waals surface area contributed by atoms with E-state index in [-0.39, 0.29) is 10.6 Å². The molecule has 0 aromatic heterocycles. The number of ether oxygens (including phenoxy) is 2. The van der Waals surface area contributed by atoms with Gasteiger partial charge >= 0.3 is 5.97 Å². The molecular weight excluding hydrogens is 349 g/mol. The molecule has 0 heterocycles. The topological polar surface area (TPSA) is 64.6 Å². The minimum atomic E-state index is -0.797. The minimum absolute atomic E-state index is 0.0691. The van der Waals surface area contributed by atoms with Crippen LogP contribution in [0.15, 0.2) is 48.5 Å². The van der Waals surface area contributed by atoms with Crippen molar-refractivity contribution >= 4 is 35.2 Å². The number of hydrogen-bond donors (Lipinski definition) is 1. The second-order valence-corrected chi connectivity index (χ2v) is 5.23. The molecule has 130 valence electrons. The van der Waals surface area contributed by atoms with Gasteiger partial charge in [-0.25, -0.2) is 9.18 Å². The SMILES string of the molecule is COc1ccccc1NC(=O)COC(=O)/C=C/c1c(F)cccc1Cl. The van der Waals surface area contributed by atoms with Gasteiger partial charge in [-0.15, -0.1) is 0 Å². The van der Waals surface area contributed by atoms with Crippen LogP contribution in [-0.2, 0) is 14.3 Å². The Kier molecular flexibility index (Phi) is 6.54. The van der Waals surface area contributed by atoms with Crippen LogP contribution in [0.1, 0.15) is 5.56 Å². The number of nitrogens with one attached hydrogen (secondary N) is 1. The van der Waals surface area contributed by atoms with E-state index < -0.39 is 24.3 Å². The third-order valence-corrected chi connectivity index (χ3v) is 3.44. The van der Waals surface area contributed by atoms with E-state index in [2.05, 4.69) is 5.32 Å². The molecule has 1 N–H and O–H groups in total. The van der Waals surface area contributed by atoms with Crippen LogP contribution >= 0.6 is 11.6 Å². The molecule has 0 saturated carbocycles. The Morgan fingerprint density at radius 1 is 1.20 bits per heavy atom. The molecule has 5 nitrogen and oxygen atoms in total. The standard InChI is InChI=1S/C18H15ClFNO4/c1-24-16-8-3-2-7-15(16)21-17(22)11-25-18(23)10-9-12-13(19)5-4-6-14(12)20/h2-10H,11H2,1H3,(H,21,22)/b10-9+. The van der Waals surface area contributed by atoms with Crippen LogP contribution in [0.2, 0.25) is 5.02 Å². The van der Waals surface area contributed by atoms with Crippen LogP contribution in [0, 0.1) is 5.82 Å². The van der Waals surface area contributed by atoms with E-state index in [9.17, 15) is 14.0 Å². The van der Waals surface area contributed by atoms with Gasteiger partial charge < -0.3 is 14.8 Å². The average molecular weight is 364 g/mol. The number of carbonyl (C=O) groups is 2. The molecule has 2 rings (SSSR count). The van der Waals surface area contributed by atoms with Crippen LogP contribution in [-0.4, -0.2) is 25.6 Å². The highest BCUT2D eigenvalue weighted by Crippen LogP contribution is 2.23. The Labute approximate surface area is 149 Å². The van der Waals surface area contributed by atoms with Gasteiger partial charge in [0.15, 0.2) is 6.61 Å². The lowest BCUT2D eigenvalue weighted by atomic mass is 10.2. The van der Waals surface area contributed by atoms with Crippen molar-refractivity contribution in [3.05, 3.63) is 64.9 Å². The van der Waals surface area contributed by atoms with Crippen molar-refractivity contribution < 1.29 is 23.5 Å². The van der Waals surface area contributed by atoms with Crippen molar-refractivity contribution in [2.24, 2.45) is 0 Å². The van der Waals surface area contributed by atoms with Crippen molar-refractivity contribution in [1.82, 2.24) is 0 Å². The first kappa shape index (κ1) is 18.5. The summed E-state index contributed by atoms with van der Waals surface area (Å²) in [5.41, 5.74) is 0.527. The van der Waals surface area contributed by atoms with E-state index >= 15 is 0 Å². The number of esters is 1. The zero-order valence-corrected chi connectivity index (χ0v) is 14.0. The zero-order chi connectivity index (χ0) is 18.2. The number of rotatable bonds is 6. The summed E-state index contributed by atoms with van der Waals surface area (Å²) in [6.45, 7) is -0.494. The fraction of sp³-hybridized carbons (Fsp3) is 0.111. The molecule has 2 aromatic rings. The van der Waals surface area contributed by atoms with Crippen molar-refractivity contribution in [3.8, 4) is 5.75 Å². The van der Waals surface area contributed by atoms with Crippen molar-refractivity contribution in [2.75, 3.05) is 19.0 Å². The molecule has 25 heavy (non-hydrogen) atoms. The third kappa shape index (κ3) is 5.32. The number of halogens is 2. The molecule has 0 saturated heterocycles. The van der Waals surface area contributed by atoms with Crippen molar-refractivity contribution in [1.29, 1.82) is 0 Å². The number of carbonyl (C=O) groups excluding carboxylic acids is 2. The van der Waals surface area contributed by atoms with Gasteiger partial charge in [0.25, 0.3) is 5.91 Å². The normalized spacial score (nSPS) is 10.5. The number of benzene rings is 2. The summed E-state index contributed by atoms with van der Waals surface area (Å²) in [7, 11) is 1.48. The molecule has 0 aliphatic heterocycles. The molecule has 0 radical (unpaired) electrons. The molecule has 0 atom stereocenters. The number of amides is 1. The van der Waals surface area contributed by atoms with Crippen LogP contribution in [0.25, 0.3) is 6.08 Å². The molecule has 0 aliphatic carbocycles. The first-order valence-corrected chi connectivity index (χ1v) is 7.60. The predicted molar refractivity (Wildman–Crippen MR) is 93.0 cm³/mol. The van der Waals surface area contributed by atoms with Gasteiger partial charge in [-0.2, -0.15) is 0 Å². The van der Waals surface area contributed by atoms with E-state index in [4.69, 9.17) is 21.1 Å². The number of hydrogen-bond acceptors (Lipinski definition) is 4. The quantitative estimate of drug-likeness (QED) is 0.628. The molecule has 0 spiro atoms. The molecular formula is C18H15ClFNO4. The summed E-state index contributed by atoms with van der Waals surface area (Å²) in [5, 5.41) is 2.73.